The number of anilines is 1. The Kier molecular flexibility index (Phi) is 8.79. The van der Waals surface area contributed by atoms with E-state index in [4.69, 9.17) is 16.3 Å². The minimum absolute atomic E-state index is 0.0962. The molecule has 3 aromatic rings. The maximum Gasteiger partial charge on any atom is 0.152 e. The van der Waals surface area contributed by atoms with E-state index in [1.807, 2.05) is 0 Å². The zero-order valence-corrected chi connectivity index (χ0v) is 21.3. The summed E-state index contributed by atoms with van der Waals surface area (Å²) >= 11 is 6.46. The smallest absolute Gasteiger partial charge is 0.152 e. The molecule has 0 bridgehead atoms. The number of pyridine rings is 1. The molecule has 0 spiro atoms. The van der Waals surface area contributed by atoms with Crippen LogP contribution in [0.25, 0.3) is 10.9 Å². The molecule has 2 heterocycles. The standard InChI is InChI=1S/C27H31ClF3N3O3/c1-37-17-2-3-22-18(14-17)25(19(28)15-34-22)23(35)4-6-27(7-10-32-11-8-27)24(36)5-9-33-26-20(30)12-16(29)13-21(26)31/h2-3,12-15,23-24,32-33,35-36H,4-11H2,1H3/t23-,24+/m1/s1. The highest BCUT2D eigenvalue weighted by molar-refractivity contribution is 6.32. The number of nitrogens with zero attached hydrogens (tertiary/aromatic N) is 1. The van der Waals surface area contributed by atoms with Crippen LogP contribution in [0.3, 0.4) is 0 Å². The van der Waals surface area contributed by atoms with E-state index in [2.05, 4.69) is 15.6 Å². The lowest BCUT2D eigenvalue weighted by molar-refractivity contribution is -0.0179. The maximum atomic E-state index is 14.0. The number of nitrogens with one attached hydrogen (secondary N) is 2. The first-order valence-electron chi connectivity index (χ1n) is 12.3. The molecule has 0 radical (unpaired) electrons. The molecule has 0 amide bonds. The summed E-state index contributed by atoms with van der Waals surface area (Å²) in [5, 5.41) is 29.4. The van der Waals surface area contributed by atoms with Gasteiger partial charge < -0.3 is 25.6 Å². The molecule has 0 saturated carbocycles. The molecule has 10 heteroatoms. The lowest BCUT2D eigenvalue weighted by atomic mass is 9.69. The molecule has 6 nitrogen and oxygen atoms in total. The summed E-state index contributed by atoms with van der Waals surface area (Å²) in [6.07, 6.45) is 2.28. The number of aliphatic hydroxyl groups is 2. The van der Waals surface area contributed by atoms with E-state index in [1.165, 1.54) is 6.20 Å². The van der Waals surface area contributed by atoms with Gasteiger partial charge in [0.25, 0.3) is 0 Å². The number of halogens is 4. The molecule has 2 aromatic carbocycles. The molecule has 1 fully saturated rings. The predicted molar refractivity (Wildman–Crippen MR) is 137 cm³/mol. The number of aromatic nitrogens is 1. The SMILES string of the molecule is COc1ccc2ncc(Cl)c([C@H](O)CCC3([C@@H](O)CCNc4c(F)cc(F)cc4F)CCNCC3)c2c1. The summed E-state index contributed by atoms with van der Waals surface area (Å²) in [6.45, 7) is 1.51. The first-order chi connectivity index (χ1) is 17.7. The van der Waals surface area contributed by atoms with Crippen molar-refractivity contribution in [3.05, 3.63) is 64.6 Å². The third-order valence-corrected chi connectivity index (χ3v) is 7.65. The van der Waals surface area contributed by atoms with Crippen molar-refractivity contribution in [3.8, 4) is 5.75 Å². The van der Waals surface area contributed by atoms with Gasteiger partial charge in [-0.25, -0.2) is 13.2 Å². The van der Waals surface area contributed by atoms with Crippen molar-refractivity contribution in [1.29, 1.82) is 0 Å². The third-order valence-electron chi connectivity index (χ3n) is 7.35. The number of hydrogen-bond donors (Lipinski definition) is 4. The van der Waals surface area contributed by atoms with Gasteiger partial charge in [0.1, 0.15) is 17.3 Å². The normalized spacial score (nSPS) is 16.9. The molecule has 4 rings (SSSR count). The Labute approximate surface area is 218 Å². The van der Waals surface area contributed by atoms with Crippen LogP contribution in [0, 0.1) is 22.9 Å². The Morgan fingerprint density at radius 3 is 2.49 bits per heavy atom. The van der Waals surface area contributed by atoms with Gasteiger partial charge in [-0.1, -0.05) is 11.6 Å². The Balaban J connectivity index is 1.47. The number of hydrogen-bond acceptors (Lipinski definition) is 6. The second kappa shape index (κ2) is 11.9. The van der Waals surface area contributed by atoms with E-state index in [0.717, 1.165) is 0 Å². The number of methoxy groups -OCH3 is 1. The molecule has 2 atom stereocenters. The summed E-state index contributed by atoms with van der Waals surface area (Å²) in [7, 11) is 1.56. The van der Waals surface area contributed by atoms with E-state index in [0.29, 0.717) is 78.1 Å². The first-order valence-corrected chi connectivity index (χ1v) is 12.7. The number of fused-ring (bicyclic) bond motifs is 1. The summed E-state index contributed by atoms with van der Waals surface area (Å²) in [5.74, 6) is -2.42. The van der Waals surface area contributed by atoms with Crippen LogP contribution >= 0.6 is 11.6 Å². The highest BCUT2D eigenvalue weighted by Crippen LogP contribution is 2.42. The highest BCUT2D eigenvalue weighted by atomic mass is 35.5. The van der Waals surface area contributed by atoms with Crippen LogP contribution in [-0.4, -0.2) is 48.0 Å². The minimum Gasteiger partial charge on any atom is -0.497 e. The Bertz CT molecular complexity index is 1220. The van der Waals surface area contributed by atoms with Crippen LogP contribution in [-0.2, 0) is 0 Å². The summed E-state index contributed by atoms with van der Waals surface area (Å²) < 4.78 is 46.4. The van der Waals surface area contributed by atoms with Crippen LogP contribution < -0.4 is 15.4 Å². The number of rotatable bonds is 10. The van der Waals surface area contributed by atoms with Crippen LogP contribution in [0.4, 0.5) is 18.9 Å². The first kappa shape index (κ1) is 27.4. The summed E-state index contributed by atoms with van der Waals surface area (Å²) in [4.78, 5) is 4.34. The fourth-order valence-electron chi connectivity index (χ4n) is 5.23. The van der Waals surface area contributed by atoms with Crippen molar-refractivity contribution in [1.82, 2.24) is 10.3 Å². The molecule has 1 aliphatic heterocycles. The van der Waals surface area contributed by atoms with E-state index < -0.39 is 40.8 Å². The fraction of sp³-hybridized carbons (Fsp3) is 0.444. The average Bonchev–Trinajstić information content (AvgIpc) is 2.88. The van der Waals surface area contributed by atoms with E-state index in [-0.39, 0.29) is 13.0 Å². The maximum absolute atomic E-state index is 14.0. The van der Waals surface area contributed by atoms with E-state index >= 15 is 0 Å². The molecule has 1 aromatic heterocycles. The van der Waals surface area contributed by atoms with Crippen LogP contribution in [0.5, 0.6) is 5.75 Å². The van der Waals surface area contributed by atoms with Gasteiger partial charge in [-0.15, -0.1) is 0 Å². The number of ether oxygens (including phenoxy) is 1. The monoisotopic (exact) mass is 537 g/mol. The van der Waals surface area contributed by atoms with Gasteiger partial charge in [0.2, 0.25) is 0 Å². The van der Waals surface area contributed by atoms with Crippen molar-refractivity contribution in [2.75, 3.05) is 32.1 Å². The van der Waals surface area contributed by atoms with Gasteiger partial charge >= 0.3 is 0 Å². The van der Waals surface area contributed by atoms with E-state index in [9.17, 15) is 23.4 Å². The number of piperidine rings is 1. The largest absolute Gasteiger partial charge is 0.497 e. The lowest BCUT2D eigenvalue weighted by Gasteiger charge is -2.42. The Hall–Kier alpha value is -2.59. The summed E-state index contributed by atoms with van der Waals surface area (Å²) in [6, 6.07) is 6.61. The summed E-state index contributed by atoms with van der Waals surface area (Å²) in [5.41, 5.74) is 0.328. The Morgan fingerprint density at radius 1 is 1.11 bits per heavy atom. The molecule has 0 unspecified atom stereocenters. The molecular weight excluding hydrogens is 507 g/mol. The molecule has 0 aliphatic carbocycles. The van der Waals surface area contributed by atoms with Crippen LogP contribution in [0.2, 0.25) is 5.02 Å². The van der Waals surface area contributed by atoms with Gasteiger partial charge in [-0.3, -0.25) is 4.98 Å². The minimum atomic E-state index is -1.02. The van der Waals surface area contributed by atoms with Crippen molar-refractivity contribution in [2.24, 2.45) is 5.41 Å². The molecule has 4 N–H and O–H groups in total. The lowest BCUT2D eigenvalue weighted by Crippen LogP contribution is -2.45. The van der Waals surface area contributed by atoms with Gasteiger partial charge in [-0.2, -0.15) is 0 Å². The zero-order valence-electron chi connectivity index (χ0n) is 20.5. The quantitative estimate of drug-likeness (QED) is 0.278. The van der Waals surface area contributed by atoms with Crippen molar-refractivity contribution < 1.29 is 28.1 Å². The van der Waals surface area contributed by atoms with Gasteiger partial charge in [0.05, 0.1) is 29.9 Å². The Morgan fingerprint density at radius 2 is 1.81 bits per heavy atom. The highest BCUT2D eigenvalue weighted by Gasteiger charge is 2.39. The molecular formula is C27H31ClF3N3O3. The van der Waals surface area contributed by atoms with E-state index in [1.54, 1.807) is 25.3 Å². The molecule has 37 heavy (non-hydrogen) atoms. The second-order valence-electron chi connectivity index (χ2n) is 9.55. The molecule has 200 valence electrons. The molecule has 1 aliphatic rings. The average molecular weight is 538 g/mol. The number of aliphatic hydroxyl groups excluding tert-OH is 2. The van der Waals surface area contributed by atoms with Crippen molar-refractivity contribution >= 4 is 28.2 Å². The van der Waals surface area contributed by atoms with Crippen molar-refractivity contribution in [2.45, 2.75) is 44.3 Å². The number of benzene rings is 2. The molecule has 1 saturated heterocycles. The second-order valence-corrected chi connectivity index (χ2v) is 9.95. The predicted octanol–water partition coefficient (Wildman–Crippen LogP) is 5.36. The third kappa shape index (κ3) is 6.12. The van der Waals surface area contributed by atoms with Crippen molar-refractivity contribution in [3.63, 3.8) is 0 Å². The zero-order chi connectivity index (χ0) is 26.6. The van der Waals surface area contributed by atoms with Crippen LogP contribution in [0.1, 0.15) is 43.8 Å². The van der Waals surface area contributed by atoms with Crippen LogP contribution in [0.15, 0.2) is 36.5 Å². The van der Waals surface area contributed by atoms with Gasteiger partial charge in [0, 0.05) is 35.8 Å². The van der Waals surface area contributed by atoms with Gasteiger partial charge in [0.15, 0.2) is 11.6 Å². The van der Waals surface area contributed by atoms with Gasteiger partial charge in [-0.05, 0) is 68.8 Å². The topological polar surface area (TPSA) is 86.6 Å². The fourth-order valence-corrected chi connectivity index (χ4v) is 5.50.